The molecule has 2 heteroatoms. The Kier molecular flexibility index (Phi) is 2.50. The van der Waals surface area contributed by atoms with Gasteiger partial charge in [0.05, 0.1) is 0 Å². The van der Waals surface area contributed by atoms with Crippen molar-refractivity contribution >= 4 is 11.8 Å². The molecule has 0 radical (unpaired) electrons. The van der Waals surface area contributed by atoms with Gasteiger partial charge in [0.1, 0.15) is 5.82 Å². The molecule has 1 aliphatic heterocycles. The molecule has 1 aromatic carbocycles. The molecule has 2 aliphatic rings. The molecule has 18 heavy (non-hydrogen) atoms. The minimum atomic E-state index is -0.144. The highest BCUT2D eigenvalue weighted by Crippen LogP contribution is 2.70. The predicted octanol–water partition coefficient (Wildman–Crippen LogP) is 4.68. The van der Waals surface area contributed by atoms with Crippen molar-refractivity contribution in [1.82, 2.24) is 0 Å². The molecule has 0 N–H and O–H groups in total. The summed E-state index contributed by atoms with van der Waals surface area (Å²) in [6, 6.07) is 7.05. The topological polar surface area (TPSA) is 0 Å². The van der Waals surface area contributed by atoms with Crippen LogP contribution in [0.2, 0.25) is 0 Å². The lowest BCUT2D eigenvalue weighted by Gasteiger charge is -2.62. The van der Waals surface area contributed by atoms with Crippen molar-refractivity contribution in [3.8, 4) is 0 Å². The second-order valence-corrected chi connectivity index (χ2v) is 7.08. The first kappa shape index (κ1) is 12.0. The van der Waals surface area contributed by atoms with E-state index in [1.54, 1.807) is 6.07 Å². The van der Waals surface area contributed by atoms with E-state index in [1.165, 1.54) is 11.6 Å². The molecule has 1 saturated heterocycles. The van der Waals surface area contributed by atoms with E-state index < -0.39 is 0 Å². The molecule has 1 aromatic rings. The fourth-order valence-electron chi connectivity index (χ4n) is 3.17. The minimum absolute atomic E-state index is 0.0366. The Hall–Kier alpha value is -1.02. The number of benzene rings is 1. The molecular weight excluding hydrogens is 243 g/mol. The van der Waals surface area contributed by atoms with E-state index in [4.69, 9.17) is 0 Å². The summed E-state index contributed by atoms with van der Waals surface area (Å²) in [4.78, 5) is 0. The maximum atomic E-state index is 13.5. The molecule has 0 nitrogen and oxygen atoms in total. The van der Waals surface area contributed by atoms with Gasteiger partial charge in [-0.1, -0.05) is 42.9 Å². The Morgan fingerprint density at radius 3 is 2.72 bits per heavy atom. The highest BCUT2D eigenvalue weighted by molar-refractivity contribution is 8.02. The van der Waals surface area contributed by atoms with Crippen LogP contribution in [0.3, 0.4) is 0 Å². The first-order valence-corrected chi connectivity index (χ1v) is 7.16. The van der Waals surface area contributed by atoms with Crippen LogP contribution in [0.25, 0.3) is 0 Å². The van der Waals surface area contributed by atoms with Crippen molar-refractivity contribution < 1.29 is 4.39 Å². The van der Waals surface area contributed by atoms with Crippen molar-refractivity contribution in [2.24, 2.45) is 5.41 Å². The largest absolute Gasteiger partial charge is 0.207 e. The first-order chi connectivity index (χ1) is 8.48. The molecule has 0 amide bonds. The van der Waals surface area contributed by atoms with Crippen LogP contribution in [0.4, 0.5) is 4.39 Å². The average Bonchev–Trinajstić information content (AvgIpc) is 2.34. The smallest absolute Gasteiger partial charge is 0.123 e. The Labute approximate surface area is 112 Å². The molecule has 1 aliphatic carbocycles. The van der Waals surface area contributed by atoms with Gasteiger partial charge in [-0.05, 0) is 31.5 Å². The lowest BCUT2D eigenvalue weighted by atomic mass is 9.64. The third-order valence-corrected chi connectivity index (χ3v) is 6.76. The van der Waals surface area contributed by atoms with E-state index in [-0.39, 0.29) is 16.0 Å². The van der Waals surface area contributed by atoms with E-state index in [0.29, 0.717) is 5.25 Å². The number of halogens is 1. The minimum Gasteiger partial charge on any atom is -0.207 e. The second kappa shape index (κ2) is 3.74. The zero-order valence-corrected chi connectivity index (χ0v) is 11.7. The summed E-state index contributed by atoms with van der Waals surface area (Å²) in [5.41, 5.74) is 2.58. The molecule has 1 fully saturated rings. The molecule has 0 bridgehead atoms. The molecule has 0 spiro atoms. The third-order valence-electron chi connectivity index (χ3n) is 4.75. The van der Waals surface area contributed by atoms with Gasteiger partial charge in [0.15, 0.2) is 0 Å². The second-order valence-electron chi connectivity index (χ2n) is 5.52. The molecule has 3 atom stereocenters. The highest BCUT2D eigenvalue weighted by atomic mass is 32.2. The van der Waals surface area contributed by atoms with E-state index >= 15 is 0 Å². The Morgan fingerprint density at radius 1 is 1.28 bits per heavy atom. The van der Waals surface area contributed by atoms with Gasteiger partial charge in [0, 0.05) is 15.4 Å². The lowest BCUT2D eigenvalue weighted by Crippen LogP contribution is -2.57. The highest BCUT2D eigenvalue weighted by Gasteiger charge is 2.61. The Balaban J connectivity index is 2.08. The maximum Gasteiger partial charge on any atom is 0.123 e. The monoisotopic (exact) mass is 260 g/mol. The predicted molar refractivity (Wildman–Crippen MR) is 76.1 cm³/mol. The van der Waals surface area contributed by atoms with E-state index in [1.807, 2.05) is 23.9 Å². The molecule has 3 unspecified atom stereocenters. The van der Waals surface area contributed by atoms with Crippen molar-refractivity contribution in [2.45, 2.75) is 30.8 Å². The zero-order chi connectivity index (χ0) is 13.0. The Morgan fingerprint density at radius 2 is 2.06 bits per heavy atom. The summed E-state index contributed by atoms with van der Waals surface area (Å²) in [5, 5.41) is 0.510. The van der Waals surface area contributed by atoms with Crippen LogP contribution < -0.4 is 0 Å². The molecule has 1 heterocycles. The average molecular weight is 260 g/mol. The van der Waals surface area contributed by atoms with Crippen LogP contribution in [-0.4, -0.2) is 5.25 Å². The van der Waals surface area contributed by atoms with E-state index in [9.17, 15) is 4.39 Å². The van der Waals surface area contributed by atoms with Crippen LogP contribution in [0.5, 0.6) is 0 Å². The molecule has 0 aromatic heterocycles. The summed E-state index contributed by atoms with van der Waals surface area (Å²) in [6.07, 6.45) is 6.59. The van der Waals surface area contributed by atoms with Gasteiger partial charge in [-0.25, -0.2) is 4.39 Å². The molecule has 3 rings (SSSR count). The normalized spacial score (nSPS) is 37.8. The maximum absolute atomic E-state index is 13.5. The molecule has 0 saturated carbocycles. The number of thioether (sulfide) groups is 1. The van der Waals surface area contributed by atoms with Crippen molar-refractivity contribution in [1.29, 1.82) is 0 Å². The summed E-state index contributed by atoms with van der Waals surface area (Å²) in [7, 11) is 0. The number of hydrogen-bond acceptors (Lipinski definition) is 1. The summed E-state index contributed by atoms with van der Waals surface area (Å²) >= 11 is 1.93. The number of allylic oxidation sites excluding steroid dienone is 3. The number of fused-ring (bicyclic) bond motifs is 1. The lowest BCUT2D eigenvalue weighted by molar-refractivity contribution is 0.264. The SMILES string of the molecule is CC1=CC=CC2SC(C)(c3cccc(F)c3)C12C. The number of hydrogen-bond donors (Lipinski definition) is 0. The standard InChI is InChI=1S/C16H17FS/c1-11-6-4-9-14-15(11,2)16(3,18-14)12-7-5-8-13(17)10-12/h4-10,14H,1-3H3. The summed E-state index contributed by atoms with van der Waals surface area (Å²) in [5.74, 6) is -0.144. The van der Waals surface area contributed by atoms with Gasteiger partial charge >= 0.3 is 0 Å². The Bertz CT molecular complexity index is 560. The van der Waals surface area contributed by atoms with Crippen molar-refractivity contribution in [3.63, 3.8) is 0 Å². The van der Waals surface area contributed by atoms with Gasteiger partial charge in [0.25, 0.3) is 0 Å². The van der Waals surface area contributed by atoms with Gasteiger partial charge in [-0.15, -0.1) is 11.8 Å². The van der Waals surface area contributed by atoms with E-state index in [2.05, 4.69) is 39.0 Å². The van der Waals surface area contributed by atoms with Crippen molar-refractivity contribution in [2.75, 3.05) is 0 Å². The number of rotatable bonds is 1. The summed E-state index contributed by atoms with van der Waals surface area (Å²) < 4.78 is 13.4. The van der Waals surface area contributed by atoms with Gasteiger partial charge in [-0.3, -0.25) is 0 Å². The van der Waals surface area contributed by atoms with Crippen LogP contribution >= 0.6 is 11.8 Å². The van der Waals surface area contributed by atoms with Crippen LogP contribution in [0.1, 0.15) is 26.3 Å². The quantitative estimate of drug-likeness (QED) is 0.706. The fourth-order valence-corrected chi connectivity index (χ4v) is 5.11. The first-order valence-electron chi connectivity index (χ1n) is 6.28. The van der Waals surface area contributed by atoms with Gasteiger partial charge in [-0.2, -0.15) is 0 Å². The van der Waals surface area contributed by atoms with Crippen LogP contribution in [0, 0.1) is 11.2 Å². The van der Waals surface area contributed by atoms with Gasteiger partial charge in [0.2, 0.25) is 0 Å². The molecular formula is C16H17FS. The van der Waals surface area contributed by atoms with Gasteiger partial charge < -0.3 is 0 Å². The third kappa shape index (κ3) is 1.33. The van der Waals surface area contributed by atoms with Crippen LogP contribution in [-0.2, 0) is 4.75 Å². The van der Waals surface area contributed by atoms with Crippen molar-refractivity contribution in [3.05, 3.63) is 59.4 Å². The van der Waals surface area contributed by atoms with E-state index in [0.717, 1.165) is 5.56 Å². The molecule has 94 valence electrons. The summed E-state index contributed by atoms with van der Waals surface area (Å²) in [6.45, 7) is 6.72. The fraction of sp³-hybridized carbons (Fsp3) is 0.375. The zero-order valence-electron chi connectivity index (χ0n) is 10.9. The van der Waals surface area contributed by atoms with Crippen LogP contribution in [0.15, 0.2) is 48.1 Å².